The lowest BCUT2D eigenvalue weighted by molar-refractivity contribution is -0.127. The number of hydrogen-bond donors (Lipinski definition) is 1. The van der Waals surface area contributed by atoms with Crippen LogP contribution in [0, 0.1) is 17.8 Å². The summed E-state index contributed by atoms with van der Waals surface area (Å²) in [5.74, 6) is 2.39. The molecule has 0 saturated heterocycles. The van der Waals surface area contributed by atoms with Gasteiger partial charge in [0.1, 0.15) is 0 Å². The van der Waals surface area contributed by atoms with E-state index in [1.807, 2.05) is 0 Å². The van der Waals surface area contributed by atoms with E-state index in [1.165, 1.54) is 44.9 Å². The zero-order chi connectivity index (χ0) is 11.0. The van der Waals surface area contributed by atoms with Crippen molar-refractivity contribution in [2.24, 2.45) is 17.8 Å². The Morgan fingerprint density at radius 3 is 1.94 bits per heavy atom. The Morgan fingerprint density at radius 1 is 0.875 bits per heavy atom. The molecule has 2 nitrogen and oxygen atoms in total. The molecule has 3 saturated carbocycles. The summed E-state index contributed by atoms with van der Waals surface area (Å²) >= 11 is 0. The van der Waals surface area contributed by atoms with Crippen LogP contribution in [0.5, 0.6) is 0 Å². The van der Waals surface area contributed by atoms with Crippen LogP contribution >= 0.6 is 0 Å². The minimum atomic E-state index is 0.341. The molecule has 90 valence electrons. The first-order valence-corrected chi connectivity index (χ1v) is 7.15. The normalized spacial score (nSPS) is 27.1. The zero-order valence-corrected chi connectivity index (χ0v) is 10.1. The van der Waals surface area contributed by atoms with E-state index in [9.17, 15) is 4.79 Å². The lowest BCUT2D eigenvalue weighted by Crippen LogP contribution is -2.42. The summed E-state index contributed by atoms with van der Waals surface area (Å²) in [5.41, 5.74) is 0. The van der Waals surface area contributed by atoms with Crippen LogP contribution in [0.15, 0.2) is 0 Å². The van der Waals surface area contributed by atoms with Gasteiger partial charge in [-0.3, -0.25) is 4.79 Å². The van der Waals surface area contributed by atoms with Crippen molar-refractivity contribution in [1.82, 2.24) is 5.32 Å². The van der Waals surface area contributed by atoms with Crippen molar-refractivity contribution in [2.45, 2.75) is 63.8 Å². The van der Waals surface area contributed by atoms with Crippen LogP contribution in [0.25, 0.3) is 0 Å². The van der Waals surface area contributed by atoms with Crippen LogP contribution in [0.4, 0.5) is 0 Å². The van der Waals surface area contributed by atoms with E-state index in [2.05, 4.69) is 5.32 Å². The molecule has 0 bridgehead atoms. The average molecular weight is 221 g/mol. The van der Waals surface area contributed by atoms with Gasteiger partial charge in [-0.1, -0.05) is 19.3 Å². The van der Waals surface area contributed by atoms with Crippen LogP contribution in [-0.2, 0) is 4.79 Å². The average Bonchev–Trinajstić information content (AvgIpc) is 3.19. The highest BCUT2D eigenvalue weighted by molar-refractivity contribution is 5.79. The summed E-state index contributed by atoms with van der Waals surface area (Å²) in [6, 6.07) is 0.550. The zero-order valence-electron chi connectivity index (χ0n) is 10.1. The predicted molar refractivity (Wildman–Crippen MR) is 64.0 cm³/mol. The second-order valence-electron chi connectivity index (χ2n) is 6.04. The van der Waals surface area contributed by atoms with Gasteiger partial charge in [-0.25, -0.2) is 0 Å². The highest BCUT2D eigenvalue weighted by Crippen LogP contribution is 2.44. The van der Waals surface area contributed by atoms with E-state index < -0.39 is 0 Å². The van der Waals surface area contributed by atoms with Gasteiger partial charge >= 0.3 is 0 Å². The molecule has 3 aliphatic rings. The molecule has 0 spiro atoms. The maximum absolute atomic E-state index is 12.2. The molecule has 0 aromatic carbocycles. The Bertz CT molecular complexity index is 250. The molecule has 1 N–H and O–H groups in total. The molecule has 0 atom stereocenters. The molecule has 3 fully saturated rings. The van der Waals surface area contributed by atoms with Gasteiger partial charge in [0, 0.05) is 12.0 Å². The topological polar surface area (TPSA) is 29.1 Å². The van der Waals surface area contributed by atoms with Gasteiger partial charge in [0.25, 0.3) is 0 Å². The molecule has 0 heterocycles. The van der Waals surface area contributed by atoms with Gasteiger partial charge in [0.05, 0.1) is 0 Å². The molecule has 2 heteroatoms. The number of carbonyl (C=O) groups excluding carboxylic acids is 1. The Labute approximate surface area is 98.2 Å². The van der Waals surface area contributed by atoms with Crippen molar-refractivity contribution >= 4 is 5.91 Å². The van der Waals surface area contributed by atoms with E-state index >= 15 is 0 Å². The summed E-state index contributed by atoms with van der Waals surface area (Å²) in [6.07, 6.45) is 11.5. The maximum Gasteiger partial charge on any atom is 0.223 e. The Kier molecular flexibility index (Phi) is 2.91. The Hall–Kier alpha value is -0.530. The first-order chi connectivity index (χ1) is 7.84. The van der Waals surface area contributed by atoms with Crippen LogP contribution in [0.1, 0.15) is 57.8 Å². The van der Waals surface area contributed by atoms with E-state index in [-0.39, 0.29) is 0 Å². The SMILES string of the molecule is O=C(NC(C1CC1)C1CC1)C1CCCCC1. The summed E-state index contributed by atoms with van der Waals surface area (Å²) in [4.78, 5) is 12.2. The van der Waals surface area contributed by atoms with Crippen LogP contribution in [-0.4, -0.2) is 11.9 Å². The molecule has 1 amide bonds. The highest BCUT2D eigenvalue weighted by atomic mass is 16.1. The molecular weight excluding hydrogens is 198 g/mol. The standard InChI is InChI=1S/C14H23NO/c16-14(12-4-2-1-3-5-12)15-13(10-6-7-10)11-8-9-11/h10-13H,1-9H2,(H,15,16). The summed E-state index contributed by atoms with van der Waals surface area (Å²) < 4.78 is 0. The Morgan fingerprint density at radius 2 is 1.44 bits per heavy atom. The minimum Gasteiger partial charge on any atom is -0.353 e. The summed E-state index contributed by atoms with van der Waals surface area (Å²) in [5, 5.41) is 3.37. The first kappa shape index (κ1) is 10.6. The molecule has 0 aromatic heterocycles. The lowest BCUT2D eigenvalue weighted by atomic mass is 9.88. The number of nitrogens with one attached hydrogen (secondary N) is 1. The molecule has 0 unspecified atom stereocenters. The van der Waals surface area contributed by atoms with Crippen molar-refractivity contribution < 1.29 is 4.79 Å². The second kappa shape index (κ2) is 4.38. The van der Waals surface area contributed by atoms with E-state index in [0.29, 0.717) is 17.9 Å². The minimum absolute atomic E-state index is 0.341. The quantitative estimate of drug-likeness (QED) is 0.777. The first-order valence-electron chi connectivity index (χ1n) is 7.15. The van der Waals surface area contributed by atoms with Crippen molar-refractivity contribution in [1.29, 1.82) is 0 Å². The molecule has 3 rings (SSSR count). The molecule has 0 aromatic rings. The fourth-order valence-corrected chi connectivity index (χ4v) is 3.18. The van der Waals surface area contributed by atoms with Crippen molar-refractivity contribution in [2.75, 3.05) is 0 Å². The van der Waals surface area contributed by atoms with Crippen LogP contribution < -0.4 is 5.32 Å². The summed E-state index contributed by atoms with van der Waals surface area (Å²) in [6.45, 7) is 0. The molecule has 16 heavy (non-hydrogen) atoms. The largest absolute Gasteiger partial charge is 0.353 e. The van der Waals surface area contributed by atoms with E-state index in [4.69, 9.17) is 0 Å². The van der Waals surface area contributed by atoms with Crippen molar-refractivity contribution in [3.05, 3.63) is 0 Å². The van der Waals surface area contributed by atoms with Gasteiger partial charge in [-0.05, 0) is 50.4 Å². The summed E-state index contributed by atoms with van der Waals surface area (Å²) in [7, 11) is 0. The third-order valence-corrected chi connectivity index (χ3v) is 4.54. The molecule has 3 aliphatic carbocycles. The van der Waals surface area contributed by atoms with E-state index in [0.717, 1.165) is 24.7 Å². The molecule has 0 aliphatic heterocycles. The van der Waals surface area contributed by atoms with Crippen molar-refractivity contribution in [3.8, 4) is 0 Å². The lowest BCUT2D eigenvalue weighted by Gasteiger charge is -2.25. The molecule has 0 radical (unpaired) electrons. The second-order valence-corrected chi connectivity index (χ2v) is 6.04. The van der Waals surface area contributed by atoms with Gasteiger partial charge in [-0.15, -0.1) is 0 Å². The predicted octanol–water partition coefficient (Wildman–Crippen LogP) is 2.87. The number of amides is 1. The molecular formula is C14H23NO. The Balaban J connectivity index is 1.53. The number of hydrogen-bond acceptors (Lipinski definition) is 1. The third kappa shape index (κ3) is 2.41. The van der Waals surface area contributed by atoms with Gasteiger partial charge < -0.3 is 5.32 Å². The van der Waals surface area contributed by atoms with Crippen LogP contribution in [0.2, 0.25) is 0 Å². The highest BCUT2D eigenvalue weighted by Gasteiger charge is 2.42. The maximum atomic E-state index is 12.2. The van der Waals surface area contributed by atoms with Crippen LogP contribution in [0.3, 0.4) is 0 Å². The third-order valence-electron chi connectivity index (χ3n) is 4.54. The fraction of sp³-hybridized carbons (Fsp3) is 0.929. The van der Waals surface area contributed by atoms with Gasteiger partial charge in [0.15, 0.2) is 0 Å². The van der Waals surface area contributed by atoms with Gasteiger partial charge in [0.2, 0.25) is 5.91 Å². The monoisotopic (exact) mass is 221 g/mol. The van der Waals surface area contributed by atoms with Gasteiger partial charge in [-0.2, -0.15) is 0 Å². The van der Waals surface area contributed by atoms with Crippen molar-refractivity contribution in [3.63, 3.8) is 0 Å². The smallest absolute Gasteiger partial charge is 0.223 e. The number of rotatable bonds is 4. The number of carbonyl (C=O) groups is 1. The van der Waals surface area contributed by atoms with E-state index in [1.54, 1.807) is 0 Å². The fourth-order valence-electron chi connectivity index (χ4n) is 3.18.